The van der Waals surface area contributed by atoms with Gasteiger partial charge in [-0.3, -0.25) is 4.79 Å². The Morgan fingerprint density at radius 3 is 2.23 bits per heavy atom. The molecule has 2 N–H and O–H groups in total. The Balaban J connectivity index is 1.85. The number of anilines is 2. The summed E-state index contributed by atoms with van der Waals surface area (Å²) < 4.78 is 1.02. The maximum atomic E-state index is 11.9. The monoisotopic (exact) mass is 360 g/mol. The van der Waals surface area contributed by atoms with Crippen LogP contribution in [0.1, 0.15) is 31.7 Å². The Hall–Kier alpha value is -1.81. The van der Waals surface area contributed by atoms with Crippen LogP contribution in [0.25, 0.3) is 0 Å². The lowest BCUT2D eigenvalue weighted by Gasteiger charge is -2.11. The second-order valence-corrected chi connectivity index (χ2v) is 6.26. The van der Waals surface area contributed by atoms with Crippen LogP contribution < -0.4 is 10.6 Å². The summed E-state index contributed by atoms with van der Waals surface area (Å²) in [6, 6.07) is 15.8. The fourth-order valence-electron chi connectivity index (χ4n) is 2.09. The van der Waals surface area contributed by atoms with E-state index in [1.54, 1.807) is 0 Å². The quantitative estimate of drug-likeness (QED) is 0.759. The first-order chi connectivity index (χ1) is 10.6. The Bertz CT molecular complexity index is 608. The van der Waals surface area contributed by atoms with E-state index in [2.05, 4.69) is 52.5 Å². The van der Waals surface area contributed by atoms with Gasteiger partial charge in [0.05, 0.1) is 6.54 Å². The molecule has 1 amide bonds. The van der Waals surface area contributed by atoms with Crippen LogP contribution >= 0.6 is 15.9 Å². The number of halogens is 1. The van der Waals surface area contributed by atoms with E-state index in [1.165, 1.54) is 5.56 Å². The fourth-order valence-corrected chi connectivity index (χ4v) is 2.35. The van der Waals surface area contributed by atoms with Gasteiger partial charge in [-0.15, -0.1) is 0 Å². The number of amides is 1. The summed E-state index contributed by atoms with van der Waals surface area (Å²) in [6.07, 6.45) is 1.11. The standard InChI is InChI=1S/C18H21BrN2O/c1-3-13(2)14-4-8-17(9-5-14)21-18(22)12-20-16-10-6-15(19)7-11-16/h4-11,13,20H,3,12H2,1-2H3,(H,21,22)/t13-/m1/s1. The van der Waals surface area contributed by atoms with Crippen molar-refractivity contribution in [3.8, 4) is 0 Å². The van der Waals surface area contributed by atoms with Gasteiger partial charge in [-0.2, -0.15) is 0 Å². The van der Waals surface area contributed by atoms with E-state index in [9.17, 15) is 4.79 Å². The molecular weight excluding hydrogens is 340 g/mol. The Labute approximate surface area is 140 Å². The van der Waals surface area contributed by atoms with Gasteiger partial charge in [-0.1, -0.05) is 41.9 Å². The molecule has 0 aliphatic carbocycles. The molecule has 3 nitrogen and oxygen atoms in total. The Morgan fingerprint density at radius 2 is 1.64 bits per heavy atom. The van der Waals surface area contributed by atoms with Crippen LogP contribution in [-0.2, 0) is 4.79 Å². The van der Waals surface area contributed by atoms with Crippen LogP contribution in [-0.4, -0.2) is 12.5 Å². The largest absolute Gasteiger partial charge is 0.376 e. The zero-order valence-electron chi connectivity index (χ0n) is 12.9. The van der Waals surface area contributed by atoms with Crippen LogP contribution in [0.3, 0.4) is 0 Å². The first kappa shape index (κ1) is 16.6. The highest BCUT2D eigenvalue weighted by atomic mass is 79.9. The van der Waals surface area contributed by atoms with Crippen molar-refractivity contribution in [2.75, 3.05) is 17.2 Å². The molecule has 4 heteroatoms. The van der Waals surface area contributed by atoms with Crippen molar-refractivity contribution in [3.63, 3.8) is 0 Å². The molecule has 0 fully saturated rings. The van der Waals surface area contributed by atoms with Gasteiger partial charge >= 0.3 is 0 Å². The molecule has 0 unspecified atom stereocenters. The third kappa shape index (κ3) is 4.88. The van der Waals surface area contributed by atoms with Gasteiger partial charge in [0.1, 0.15) is 0 Å². The molecule has 2 aromatic carbocycles. The predicted octanol–water partition coefficient (Wildman–Crippen LogP) is 5.01. The highest BCUT2D eigenvalue weighted by Crippen LogP contribution is 2.20. The smallest absolute Gasteiger partial charge is 0.243 e. The first-order valence-corrected chi connectivity index (χ1v) is 8.27. The SMILES string of the molecule is CC[C@@H](C)c1ccc(NC(=O)CNc2ccc(Br)cc2)cc1. The lowest BCUT2D eigenvalue weighted by molar-refractivity contribution is -0.114. The summed E-state index contributed by atoms with van der Waals surface area (Å²) in [5.41, 5.74) is 3.05. The van der Waals surface area contributed by atoms with Crippen LogP contribution in [0, 0.1) is 0 Å². The number of nitrogens with one attached hydrogen (secondary N) is 2. The normalized spacial score (nSPS) is 11.8. The minimum Gasteiger partial charge on any atom is -0.376 e. The summed E-state index contributed by atoms with van der Waals surface area (Å²) in [4.78, 5) is 11.9. The van der Waals surface area contributed by atoms with Gasteiger partial charge < -0.3 is 10.6 Å². The Morgan fingerprint density at radius 1 is 1.05 bits per heavy atom. The molecule has 0 saturated heterocycles. The van der Waals surface area contributed by atoms with E-state index < -0.39 is 0 Å². The van der Waals surface area contributed by atoms with Crippen molar-refractivity contribution in [1.29, 1.82) is 0 Å². The average molecular weight is 361 g/mol. The van der Waals surface area contributed by atoms with E-state index >= 15 is 0 Å². The molecule has 0 aromatic heterocycles. The van der Waals surface area contributed by atoms with E-state index in [0.717, 1.165) is 22.3 Å². The molecule has 22 heavy (non-hydrogen) atoms. The maximum absolute atomic E-state index is 11.9. The zero-order chi connectivity index (χ0) is 15.9. The predicted molar refractivity (Wildman–Crippen MR) is 96.4 cm³/mol. The van der Waals surface area contributed by atoms with Gasteiger partial charge in [0.2, 0.25) is 5.91 Å². The van der Waals surface area contributed by atoms with E-state index in [0.29, 0.717) is 5.92 Å². The van der Waals surface area contributed by atoms with Crippen LogP contribution in [0.15, 0.2) is 53.0 Å². The van der Waals surface area contributed by atoms with Gasteiger partial charge in [0.15, 0.2) is 0 Å². The molecule has 116 valence electrons. The number of hydrogen-bond acceptors (Lipinski definition) is 2. The van der Waals surface area contributed by atoms with Crippen LogP contribution in [0.4, 0.5) is 11.4 Å². The van der Waals surface area contributed by atoms with Gasteiger partial charge in [0, 0.05) is 15.8 Å². The third-order valence-electron chi connectivity index (χ3n) is 3.67. The maximum Gasteiger partial charge on any atom is 0.243 e. The minimum atomic E-state index is -0.0563. The van der Waals surface area contributed by atoms with Crippen molar-refractivity contribution < 1.29 is 4.79 Å². The summed E-state index contributed by atoms with van der Waals surface area (Å²) in [7, 11) is 0. The topological polar surface area (TPSA) is 41.1 Å². The molecule has 0 radical (unpaired) electrons. The third-order valence-corrected chi connectivity index (χ3v) is 4.20. The summed E-state index contributed by atoms with van der Waals surface area (Å²) in [6.45, 7) is 4.62. The van der Waals surface area contributed by atoms with E-state index in [-0.39, 0.29) is 12.5 Å². The summed E-state index contributed by atoms with van der Waals surface area (Å²) in [5.74, 6) is 0.489. The van der Waals surface area contributed by atoms with Crippen molar-refractivity contribution in [1.82, 2.24) is 0 Å². The average Bonchev–Trinajstić information content (AvgIpc) is 2.54. The summed E-state index contributed by atoms with van der Waals surface area (Å²) >= 11 is 3.38. The summed E-state index contributed by atoms with van der Waals surface area (Å²) in [5, 5.41) is 5.99. The Kier molecular flexibility index (Phi) is 6.01. The zero-order valence-corrected chi connectivity index (χ0v) is 14.5. The highest BCUT2D eigenvalue weighted by molar-refractivity contribution is 9.10. The molecular formula is C18H21BrN2O. The highest BCUT2D eigenvalue weighted by Gasteiger charge is 2.05. The second-order valence-electron chi connectivity index (χ2n) is 5.34. The van der Waals surface area contributed by atoms with Crippen molar-refractivity contribution in [2.24, 2.45) is 0 Å². The van der Waals surface area contributed by atoms with Gasteiger partial charge in [0.25, 0.3) is 0 Å². The number of rotatable bonds is 6. The number of benzene rings is 2. The van der Waals surface area contributed by atoms with E-state index in [4.69, 9.17) is 0 Å². The second kappa shape index (κ2) is 7.99. The molecule has 2 aromatic rings. The van der Waals surface area contributed by atoms with Crippen molar-refractivity contribution >= 4 is 33.2 Å². The molecule has 0 saturated carbocycles. The van der Waals surface area contributed by atoms with Gasteiger partial charge in [-0.25, -0.2) is 0 Å². The molecule has 0 bridgehead atoms. The van der Waals surface area contributed by atoms with Crippen LogP contribution in [0.5, 0.6) is 0 Å². The van der Waals surface area contributed by atoms with Gasteiger partial charge in [-0.05, 0) is 54.3 Å². The van der Waals surface area contributed by atoms with Crippen LogP contribution in [0.2, 0.25) is 0 Å². The van der Waals surface area contributed by atoms with Crippen molar-refractivity contribution in [2.45, 2.75) is 26.2 Å². The molecule has 1 atom stereocenters. The molecule has 0 spiro atoms. The number of carbonyl (C=O) groups is 1. The lowest BCUT2D eigenvalue weighted by atomic mass is 9.99. The minimum absolute atomic E-state index is 0.0563. The lowest BCUT2D eigenvalue weighted by Crippen LogP contribution is -2.21. The molecule has 0 heterocycles. The van der Waals surface area contributed by atoms with E-state index in [1.807, 2.05) is 36.4 Å². The molecule has 0 aliphatic heterocycles. The first-order valence-electron chi connectivity index (χ1n) is 7.47. The fraction of sp³-hybridized carbons (Fsp3) is 0.278. The number of carbonyl (C=O) groups excluding carboxylic acids is 1. The number of hydrogen-bond donors (Lipinski definition) is 2. The molecule has 2 rings (SSSR count). The van der Waals surface area contributed by atoms with Crippen molar-refractivity contribution in [3.05, 3.63) is 58.6 Å². The molecule has 0 aliphatic rings.